The van der Waals surface area contributed by atoms with Gasteiger partial charge in [0.05, 0.1) is 30.5 Å². The van der Waals surface area contributed by atoms with Crippen LogP contribution < -0.4 is 0 Å². The van der Waals surface area contributed by atoms with Crippen LogP contribution in [0.3, 0.4) is 0 Å². The summed E-state index contributed by atoms with van der Waals surface area (Å²) in [6, 6.07) is 0. The monoisotopic (exact) mass is 400 g/mol. The molecule has 1 saturated heterocycles. The lowest BCUT2D eigenvalue weighted by Gasteiger charge is -2.17. The van der Waals surface area contributed by atoms with Crippen LogP contribution in [0.25, 0.3) is 0 Å². The number of rotatable bonds is 10. The van der Waals surface area contributed by atoms with Crippen LogP contribution >= 0.6 is 11.6 Å². The number of aliphatic hydroxyl groups is 2. The number of carbonyl (C=O) groups excluding carboxylic acids is 1. The van der Waals surface area contributed by atoms with E-state index in [1.165, 1.54) is 7.11 Å². The topological polar surface area (TPSA) is 76.0 Å². The maximum atomic E-state index is 11.1. The number of esters is 1. The fraction of sp³-hybridized carbons (Fsp3) is 0.762. The van der Waals surface area contributed by atoms with E-state index in [1.807, 2.05) is 12.2 Å². The van der Waals surface area contributed by atoms with E-state index < -0.39 is 12.2 Å². The highest BCUT2D eigenvalue weighted by Gasteiger charge is 2.47. The van der Waals surface area contributed by atoms with Gasteiger partial charge in [0.1, 0.15) is 6.10 Å². The minimum absolute atomic E-state index is 0.0190. The van der Waals surface area contributed by atoms with E-state index in [2.05, 4.69) is 11.7 Å². The van der Waals surface area contributed by atoms with E-state index in [9.17, 15) is 15.0 Å². The summed E-state index contributed by atoms with van der Waals surface area (Å²) in [7, 11) is 1.40. The lowest BCUT2D eigenvalue weighted by molar-refractivity contribution is -0.140. The third-order valence-corrected chi connectivity index (χ3v) is 6.03. The van der Waals surface area contributed by atoms with Gasteiger partial charge in [-0.3, -0.25) is 4.79 Å². The molecule has 1 saturated carbocycles. The van der Waals surface area contributed by atoms with Gasteiger partial charge in [-0.25, -0.2) is 0 Å². The Kier molecular flexibility index (Phi) is 9.13. The Hall–Kier alpha value is -1.04. The summed E-state index contributed by atoms with van der Waals surface area (Å²) in [6.45, 7) is 2.10. The number of halogens is 1. The van der Waals surface area contributed by atoms with Gasteiger partial charge >= 0.3 is 5.97 Å². The standard InChI is InChI=1S/C21H33ClO5/c1-3-4-8-17(22)18(23)11-10-15-16-12-14(27-20(16)13-19(15)24)7-5-6-9-21(25)26-2/h7,10-11,15-20,23-24H,3-6,8-9,12-13H2,1-2H3/t15-,16-,17?,18-,19-,20-/m1/s1. The van der Waals surface area contributed by atoms with Crippen molar-refractivity contribution in [1.29, 1.82) is 0 Å². The summed E-state index contributed by atoms with van der Waals surface area (Å²) in [5.41, 5.74) is 0. The van der Waals surface area contributed by atoms with Crippen molar-refractivity contribution in [2.24, 2.45) is 11.8 Å². The van der Waals surface area contributed by atoms with Crippen LogP contribution in [0.5, 0.6) is 0 Å². The first-order valence-corrected chi connectivity index (χ1v) is 10.5. The average Bonchev–Trinajstić information content (AvgIpc) is 3.17. The predicted octanol–water partition coefficient (Wildman–Crippen LogP) is 3.71. The third kappa shape index (κ3) is 6.51. The van der Waals surface area contributed by atoms with Crippen LogP contribution in [-0.2, 0) is 14.3 Å². The number of methoxy groups -OCH3 is 1. The van der Waals surface area contributed by atoms with Gasteiger partial charge in [0.2, 0.25) is 0 Å². The minimum atomic E-state index is -0.694. The smallest absolute Gasteiger partial charge is 0.305 e. The van der Waals surface area contributed by atoms with Gasteiger partial charge in [-0.15, -0.1) is 11.6 Å². The largest absolute Gasteiger partial charge is 0.495 e. The van der Waals surface area contributed by atoms with Crippen molar-refractivity contribution in [1.82, 2.24) is 0 Å². The van der Waals surface area contributed by atoms with Crippen LogP contribution in [-0.4, -0.2) is 47.0 Å². The SMILES string of the molecule is CCCCC(Cl)[C@H](O)C=C[C@@H]1[C@H]2CC(=CCCCC(=O)OC)O[C@@H]2C[C@H]1O. The highest BCUT2D eigenvalue weighted by Crippen LogP contribution is 2.45. The zero-order chi connectivity index (χ0) is 19.8. The van der Waals surface area contributed by atoms with Gasteiger partial charge in [-0.05, 0) is 25.3 Å². The van der Waals surface area contributed by atoms with E-state index in [4.69, 9.17) is 16.3 Å². The molecule has 2 rings (SSSR count). The quantitative estimate of drug-likeness (QED) is 0.253. The Labute approximate surface area is 167 Å². The van der Waals surface area contributed by atoms with Crippen molar-refractivity contribution in [3.05, 3.63) is 24.0 Å². The lowest BCUT2D eigenvalue weighted by Crippen LogP contribution is -2.21. The number of allylic oxidation sites excluding steroid dienone is 2. The predicted molar refractivity (Wildman–Crippen MR) is 105 cm³/mol. The number of ether oxygens (including phenoxy) is 2. The number of fused-ring (bicyclic) bond motifs is 1. The lowest BCUT2D eigenvalue weighted by atomic mass is 9.90. The van der Waals surface area contributed by atoms with Crippen LogP contribution in [0.2, 0.25) is 0 Å². The Bertz CT molecular complexity index is 533. The minimum Gasteiger partial charge on any atom is -0.495 e. The molecule has 0 aromatic carbocycles. The molecule has 0 radical (unpaired) electrons. The second kappa shape index (κ2) is 11.1. The highest BCUT2D eigenvalue weighted by molar-refractivity contribution is 6.21. The molecule has 6 heteroatoms. The second-order valence-electron chi connectivity index (χ2n) is 7.58. The molecule has 1 unspecified atom stereocenters. The molecule has 154 valence electrons. The average molecular weight is 401 g/mol. The summed E-state index contributed by atoms with van der Waals surface area (Å²) in [5, 5.41) is 20.3. The Morgan fingerprint density at radius 2 is 2.22 bits per heavy atom. The summed E-state index contributed by atoms with van der Waals surface area (Å²) in [4.78, 5) is 11.1. The van der Waals surface area contributed by atoms with Gasteiger partial charge in [-0.2, -0.15) is 0 Å². The number of unbranched alkanes of at least 4 members (excludes halogenated alkanes) is 2. The molecule has 2 aliphatic rings. The molecule has 0 aromatic rings. The van der Waals surface area contributed by atoms with Crippen LogP contribution in [0.15, 0.2) is 24.0 Å². The normalized spacial score (nSPS) is 31.1. The third-order valence-electron chi connectivity index (χ3n) is 5.55. The first-order valence-electron chi connectivity index (χ1n) is 10.1. The highest BCUT2D eigenvalue weighted by atomic mass is 35.5. The van der Waals surface area contributed by atoms with Crippen molar-refractivity contribution in [3.8, 4) is 0 Å². The molecule has 2 fully saturated rings. The maximum absolute atomic E-state index is 11.1. The molecule has 0 spiro atoms. The molecule has 27 heavy (non-hydrogen) atoms. The summed E-state index contributed by atoms with van der Waals surface area (Å²) in [5.74, 6) is 0.945. The maximum Gasteiger partial charge on any atom is 0.305 e. The van der Waals surface area contributed by atoms with E-state index in [0.717, 1.165) is 44.3 Å². The zero-order valence-electron chi connectivity index (χ0n) is 16.4. The second-order valence-corrected chi connectivity index (χ2v) is 8.14. The molecule has 1 aliphatic carbocycles. The van der Waals surface area contributed by atoms with Crippen molar-refractivity contribution < 1.29 is 24.5 Å². The van der Waals surface area contributed by atoms with Gasteiger partial charge < -0.3 is 19.7 Å². The molecule has 0 bridgehead atoms. The molecule has 2 N–H and O–H groups in total. The molecule has 1 aliphatic heterocycles. The Morgan fingerprint density at radius 1 is 1.44 bits per heavy atom. The molecule has 0 amide bonds. The number of alkyl halides is 1. The van der Waals surface area contributed by atoms with E-state index in [0.29, 0.717) is 12.8 Å². The van der Waals surface area contributed by atoms with Crippen LogP contribution in [0.1, 0.15) is 58.3 Å². The molecule has 0 aromatic heterocycles. The van der Waals surface area contributed by atoms with Crippen molar-refractivity contribution in [2.75, 3.05) is 7.11 Å². The first-order chi connectivity index (χ1) is 13.0. The Morgan fingerprint density at radius 3 is 2.93 bits per heavy atom. The summed E-state index contributed by atoms with van der Waals surface area (Å²) < 4.78 is 10.6. The van der Waals surface area contributed by atoms with Gasteiger partial charge in [0, 0.05) is 31.1 Å². The number of aliphatic hydroxyl groups excluding tert-OH is 2. The summed E-state index contributed by atoms with van der Waals surface area (Å²) in [6.07, 6.45) is 10.7. The van der Waals surface area contributed by atoms with Crippen molar-refractivity contribution >= 4 is 17.6 Å². The molecule has 6 atom stereocenters. The first kappa shape index (κ1) is 22.3. The summed E-state index contributed by atoms with van der Waals surface area (Å²) >= 11 is 6.24. The fourth-order valence-corrected chi connectivity index (χ4v) is 4.17. The van der Waals surface area contributed by atoms with Crippen LogP contribution in [0.4, 0.5) is 0 Å². The van der Waals surface area contributed by atoms with E-state index in [-0.39, 0.29) is 29.3 Å². The Balaban J connectivity index is 1.85. The zero-order valence-corrected chi connectivity index (χ0v) is 17.1. The van der Waals surface area contributed by atoms with Gasteiger partial charge in [0.15, 0.2) is 0 Å². The van der Waals surface area contributed by atoms with Crippen LogP contribution in [0, 0.1) is 11.8 Å². The molecule has 5 nitrogen and oxygen atoms in total. The van der Waals surface area contributed by atoms with Gasteiger partial charge in [0.25, 0.3) is 0 Å². The van der Waals surface area contributed by atoms with E-state index in [1.54, 1.807) is 6.08 Å². The van der Waals surface area contributed by atoms with Crippen molar-refractivity contribution in [3.63, 3.8) is 0 Å². The number of hydrogen-bond acceptors (Lipinski definition) is 5. The van der Waals surface area contributed by atoms with Gasteiger partial charge in [-0.1, -0.05) is 31.9 Å². The van der Waals surface area contributed by atoms with Crippen molar-refractivity contribution in [2.45, 2.75) is 82.0 Å². The number of carbonyl (C=O) groups is 1. The molecular formula is C21H33ClO5. The van der Waals surface area contributed by atoms with E-state index >= 15 is 0 Å². The molecule has 1 heterocycles. The number of hydrogen-bond donors (Lipinski definition) is 2. The molecular weight excluding hydrogens is 368 g/mol. The fourth-order valence-electron chi connectivity index (χ4n) is 3.93.